The number of fused-ring (bicyclic) bond motifs is 1. The van der Waals surface area contributed by atoms with Gasteiger partial charge in [-0.2, -0.15) is 0 Å². The third-order valence-electron chi connectivity index (χ3n) is 4.51. The predicted molar refractivity (Wildman–Crippen MR) is 105 cm³/mol. The number of aromatic nitrogens is 1. The Morgan fingerprint density at radius 1 is 1.04 bits per heavy atom. The summed E-state index contributed by atoms with van der Waals surface area (Å²) < 4.78 is 16.4. The summed E-state index contributed by atoms with van der Waals surface area (Å²) in [6, 6.07) is 9.94. The van der Waals surface area contributed by atoms with E-state index in [1.807, 2.05) is 43.5 Å². The van der Waals surface area contributed by atoms with Crippen molar-refractivity contribution in [3.8, 4) is 17.2 Å². The number of nitrogens with one attached hydrogen (secondary N) is 2. The van der Waals surface area contributed by atoms with Crippen LogP contribution < -0.4 is 19.5 Å². The minimum atomic E-state index is -0.0617. The zero-order valence-corrected chi connectivity index (χ0v) is 16.0. The third-order valence-corrected chi connectivity index (χ3v) is 4.51. The molecule has 0 aliphatic rings. The maximum absolute atomic E-state index is 12.4. The topological polar surface area (TPSA) is 72.6 Å². The maximum Gasteiger partial charge on any atom is 0.224 e. The van der Waals surface area contributed by atoms with E-state index in [0.29, 0.717) is 23.8 Å². The normalized spacial score (nSPS) is 10.7. The summed E-state index contributed by atoms with van der Waals surface area (Å²) in [6.07, 6.45) is 2.05. The van der Waals surface area contributed by atoms with Gasteiger partial charge in [0.2, 0.25) is 11.7 Å². The molecule has 3 rings (SSSR count). The van der Waals surface area contributed by atoms with Gasteiger partial charge in [-0.15, -0.1) is 0 Å². The number of hydrogen-bond donors (Lipinski definition) is 2. The summed E-state index contributed by atoms with van der Waals surface area (Å²) in [4.78, 5) is 15.6. The molecule has 1 amide bonds. The molecule has 0 aliphatic carbocycles. The first-order chi connectivity index (χ1) is 13.1. The lowest BCUT2D eigenvalue weighted by Gasteiger charge is -2.14. The van der Waals surface area contributed by atoms with Crippen LogP contribution in [-0.2, 0) is 17.8 Å². The molecule has 0 atom stereocenters. The van der Waals surface area contributed by atoms with Crippen molar-refractivity contribution in [2.45, 2.75) is 19.9 Å². The van der Waals surface area contributed by atoms with Gasteiger partial charge in [0.25, 0.3) is 0 Å². The number of amides is 1. The molecule has 0 unspecified atom stereocenters. The van der Waals surface area contributed by atoms with Crippen LogP contribution >= 0.6 is 0 Å². The van der Waals surface area contributed by atoms with Gasteiger partial charge < -0.3 is 24.5 Å². The van der Waals surface area contributed by atoms with Crippen LogP contribution in [0.25, 0.3) is 10.9 Å². The fourth-order valence-electron chi connectivity index (χ4n) is 3.11. The summed E-state index contributed by atoms with van der Waals surface area (Å²) in [7, 11) is 4.71. The standard InChI is InChI=1S/C21H24N2O4/c1-13-5-7-14(8-6-13)11-23-18(24)9-15-12-22-16-10-17(25-2)20(26-3)21(27-4)19(15)16/h5-8,10,12,22H,9,11H2,1-4H3,(H,23,24). The Kier molecular flexibility index (Phi) is 5.54. The molecule has 3 aromatic rings. The summed E-state index contributed by atoms with van der Waals surface area (Å²) in [5.41, 5.74) is 3.92. The Labute approximate surface area is 158 Å². The van der Waals surface area contributed by atoms with Crippen LogP contribution in [0.1, 0.15) is 16.7 Å². The van der Waals surface area contributed by atoms with E-state index in [1.165, 1.54) is 5.56 Å². The van der Waals surface area contributed by atoms with Crippen molar-refractivity contribution in [3.05, 3.63) is 53.2 Å². The number of methoxy groups -OCH3 is 3. The molecule has 0 saturated carbocycles. The highest BCUT2D eigenvalue weighted by Gasteiger charge is 2.20. The predicted octanol–water partition coefficient (Wildman–Crippen LogP) is 3.36. The summed E-state index contributed by atoms with van der Waals surface area (Å²) >= 11 is 0. The SMILES string of the molecule is COc1cc2[nH]cc(CC(=O)NCc3ccc(C)cc3)c2c(OC)c1OC. The molecular formula is C21H24N2O4. The Hall–Kier alpha value is -3.15. The van der Waals surface area contributed by atoms with E-state index >= 15 is 0 Å². The molecule has 0 saturated heterocycles. The van der Waals surface area contributed by atoms with E-state index in [2.05, 4.69) is 10.3 Å². The lowest BCUT2D eigenvalue weighted by molar-refractivity contribution is -0.120. The van der Waals surface area contributed by atoms with Crippen LogP contribution in [0.15, 0.2) is 36.5 Å². The van der Waals surface area contributed by atoms with Crippen molar-refractivity contribution in [2.75, 3.05) is 21.3 Å². The van der Waals surface area contributed by atoms with E-state index in [1.54, 1.807) is 21.3 Å². The van der Waals surface area contributed by atoms with Gasteiger partial charge in [-0.1, -0.05) is 29.8 Å². The molecule has 2 aromatic carbocycles. The second-order valence-corrected chi connectivity index (χ2v) is 6.32. The van der Waals surface area contributed by atoms with Crippen molar-refractivity contribution >= 4 is 16.8 Å². The van der Waals surface area contributed by atoms with E-state index in [9.17, 15) is 4.79 Å². The monoisotopic (exact) mass is 368 g/mol. The molecule has 0 spiro atoms. The van der Waals surface area contributed by atoms with Crippen LogP contribution in [0, 0.1) is 6.92 Å². The summed E-state index contributed by atoms with van der Waals surface area (Å²) in [5.74, 6) is 1.57. The number of aryl methyl sites for hydroxylation is 1. The number of rotatable bonds is 7. The van der Waals surface area contributed by atoms with Gasteiger partial charge in [0.1, 0.15) is 0 Å². The maximum atomic E-state index is 12.4. The highest BCUT2D eigenvalue weighted by Crippen LogP contribution is 2.44. The molecule has 1 aromatic heterocycles. The van der Waals surface area contributed by atoms with Crippen LogP contribution in [0.4, 0.5) is 0 Å². The van der Waals surface area contributed by atoms with Gasteiger partial charge >= 0.3 is 0 Å². The van der Waals surface area contributed by atoms with Crippen LogP contribution in [0.3, 0.4) is 0 Å². The quantitative estimate of drug-likeness (QED) is 0.671. The van der Waals surface area contributed by atoms with E-state index in [0.717, 1.165) is 22.0 Å². The lowest BCUT2D eigenvalue weighted by Crippen LogP contribution is -2.24. The van der Waals surface area contributed by atoms with E-state index in [4.69, 9.17) is 14.2 Å². The molecule has 0 radical (unpaired) electrons. The van der Waals surface area contributed by atoms with Crippen molar-refractivity contribution in [1.82, 2.24) is 10.3 Å². The molecule has 0 aliphatic heterocycles. The van der Waals surface area contributed by atoms with Gasteiger partial charge in [0, 0.05) is 24.2 Å². The zero-order chi connectivity index (χ0) is 19.4. The number of aromatic amines is 1. The Morgan fingerprint density at radius 3 is 2.37 bits per heavy atom. The second-order valence-electron chi connectivity index (χ2n) is 6.32. The first-order valence-electron chi connectivity index (χ1n) is 8.68. The number of benzene rings is 2. The highest BCUT2D eigenvalue weighted by molar-refractivity contribution is 5.96. The molecule has 0 fully saturated rings. The Morgan fingerprint density at radius 2 is 1.74 bits per heavy atom. The number of hydrogen-bond acceptors (Lipinski definition) is 4. The van der Waals surface area contributed by atoms with Gasteiger partial charge in [-0.25, -0.2) is 0 Å². The minimum absolute atomic E-state index is 0.0617. The van der Waals surface area contributed by atoms with Gasteiger partial charge in [-0.05, 0) is 18.1 Å². The third kappa shape index (κ3) is 3.84. The largest absolute Gasteiger partial charge is 0.493 e. The van der Waals surface area contributed by atoms with Crippen molar-refractivity contribution in [2.24, 2.45) is 0 Å². The average molecular weight is 368 g/mol. The number of H-pyrrole nitrogens is 1. The minimum Gasteiger partial charge on any atom is -0.493 e. The van der Waals surface area contributed by atoms with Crippen LogP contribution in [0.5, 0.6) is 17.2 Å². The summed E-state index contributed by atoms with van der Waals surface area (Å²) in [6.45, 7) is 2.53. The molecule has 6 nitrogen and oxygen atoms in total. The van der Waals surface area contributed by atoms with Crippen LogP contribution in [-0.4, -0.2) is 32.2 Å². The summed E-state index contributed by atoms with van der Waals surface area (Å²) in [5, 5.41) is 3.78. The molecule has 1 heterocycles. The van der Waals surface area contributed by atoms with Gasteiger partial charge in [0.05, 0.1) is 33.3 Å². The number of carbonyl (C=O) groups is 1. The van der Waals surface area contributed by atoms with E-state index in [-0.39, 0.29) is 12.3 Å². The van der Waals surface area contributed by atoms with E-state index < -0.39 is 0 Å². The second kappa shape index (κ2) is 8.03. The Balaban J connectivity index is 1.82. The van der Waals surface area contributed by atoms with Crippen LogP contribution in [0.2, 0.25) is 0 Å². The van der Waals surface area contributed by atoms with Gasteiger partial charge in [-0.3, -0.25) is 4.79 Å². The molecule has 0 bridgehead atoms. The molecule has 27 heavy (non-hydrogen) atoms. The van der Waals surface area contributed by atoms with Crippen molar-refractivity contribution in [3.63, 3.8) is 0 Å². The smallest absolute Gasteiger partial charge is 0.224 e. The molecule has 142 valence electrons. The fourth-order valence-corrected chi connectivity index (χ4v) is 3.11. The zero-order valence-electron chi connectivity index (χ0n) is 16.0. The number of ether oxygens (including phenoxy) is 3. The molecule has 6 heteroatoms. The fraction of sp³-hybridized carbons (Fsp3) is 0.286. The average Bonchev–Trinajstić information content (AvgIpc) is 3.08. The molecular weight excluding hydrogens is 344 g/mol. The lowest BCUT2D eigenvalue weighted by atomic mass is 10.1. The first-order valence-corrected chi connectivity index (χ1v) is 8.68. The Bertz CT molecular complexity index is 945. The molecule has 2 N–H and O–H groups in total. The van der Waals surface area contributed by atoms with Gasteiger partial charge in [0.15, 0.2) is 11.5 Å². The number of carbonyl (C=O) groups excluding carboxylic acids is 1. The first kappa shape index (κ1) is 18.6. The van der Waals surface area contributed by atoms with Crippen molar-refractivity contribution in [1.29, 1.82) is 0 Å². The van der Waals surface area contributed by atoms with Crippen molar-refractivity contribution < 1.29 is 19.0 Å². The highest BCUT2D eigenvalue weighted by atomic mass is 16.5.